The lowest BCUT2D eigenvalue weighted by Gasteiger charge is -2.29. The molecule has 0 aliphatic carbocycles. The highest BCUT2D eigenvalue weighted by Crippen LogP contribution is 2.32. The summed E-state index contributed by atoms with van der Waals surface area (Å²) in [4.78, 5) is 22.2. The van der Waals surface area contributed by atoms with E-state index in [1.54, 1.807) is 11.3 Å². The van der Waals surface area contributed by atoms with E-state index in [1.807, 2.05) is 60.4 Å². The van der Waals surface area contributed by atoms with Crippen LogP contribution in [0.15, 0.2) is 48.5 Å². The summed E-state index contributed by atoms with van der Waals surface area (Å²) in [6.45, 7) is 7.32. The van der Waals surface area contributed by atoms with Crippen molar-refractivity contribution in [3.63, 3.8) is 0 Å². The Morgan fingerprint density at radius 2 is 1.97 bits per heavy atom. The predicted molar refractivity (Wildman–Crippen MR) is 128 cm³/mol. The number of benzene rings is 2. The number of anilines is 1. The van der Waals surface area contributed by atoms with Crippen molar-refractivity contribution in [2.45, 2.75) is 13.3 Å². The van der Waals surface area contributed by atoms with Gasteiger partial charge in [0.15, 0.2) is 5.13 Å². The average molecular weight is 462 g/mol. The molecule has 1 aliphatic heterocycles. The van der Waals surface area contributed by atoms with Crippen molar-refractivity contribution in [1.29, 1.82) is 0 Å². The normalized spacial score (nSPS) is 14.2. The van der Waals surface area contributed by atoms with Crippen molar-refractivity contribution in [3.05, 3.63) is 54.1 Å². The van der Waals surface area contributed by atoms with E-state index < -0.39 is 0 Å². The van der Waals surface area contributed by atoms with E-state index in [9.17, 15) is 4.79 Å². The van der Waals surface area contributed by atoms with Crippen LogP contribution in [-0.4, -0.2) is 61.8 Å². The molecule has 1 aliphatic rings. The molecule has 8 heteroatoms. The fourth-order valence-electron chi connectivity index (χ4n) is 3.52. The summed E-state index contributed by atoms with van der Waals surface area (Å²) in [5, 5.41) is 0.743. The lowest BCUT2D eigenvalue weighted by atomic mass is 10.1. The number of thiazole rings is 1. The van der Waals surface area contributed by atoms with Crippen LogP contribution in [0.25, 0.3) is 10.2 Å². The van der Waals surface area contributed by atoms with Crippen LogP contribution in [0.4, 0.5) is 5.13 Å². The Morgan fingerprint density at radius 1 is 1.19 bits per heavy atom. The first-order chi connectivity index (χ1) is 14.7. The van der Waals surface area contributed by atoms with E-state index >= 15 is 0 Å². The monoisotopic (exact) mass is 461 g/mol. The molecule has 166 valence electrons. The molecule has 2 aromatic carbocycles. The van der Waals surface area contributed by atoms with Crippen LogP contribution in [0, 0.1) is 0 Å². The van der Waals surface area contributed by atoms with Crippen molar-refractivity contribution in [2.75, 3.05) is 50.9 Å². The van der Waals surface area contributed by atoms with Crippen molar-refractivity contribution < 1.29 is 14.3 Å². The van der Waals surface area contributed by atoms with Crippen LogP contribution in [0.2, 0.25) is 0 Å². The standard InChI is InChI=1S/C23H27N3O3S.ClH/c1-2-29-19-8-9-20-21(17-19)30-23(24-20)26(11-10-25-12-14-28-15-13-25)22(27)16-18-6-4-3-5-7-18;/h3-9,17H,2,10-16H2,1H3;1H. The Bertz CT molecular complexity index is 977. The molecule has 4 rings (SSSR count). The quantitative estimate of drug-likeness (QED) is 0.507. The fourth-order valence-corrected chi connectivity index (χ4v) is 4.56. The molecule has 0 unspecified atom stereocenters. The number of morpholine rings is 1. The molecular formula is C23H28ClN3O3S. The summed E-state index contributed by atoms with van der Waals surface area (Å²) in [5.74, 6) is 0.897. The van der Waals surface area contributed by atoms with E-state index in [4.69, 9.17) is 14.5 Å². The van der Waals surface area contributed by atoms with Crippen molar-refractivity contribution in [2.24, 2.45) is 0 Å². The van der Waals surface area contributed by atoms with Gasteiger partial charge in [-0.2, -0.15) is 0 Å². The molecule has 0 atom stereocenters. The highest BCUT2D eigenvalue weighted by Gasteiger charge is 2.22. The SMILES string of the molecule is CCOc1ccc2nc(N(CCN3CCOCC3)C(=O)Cc3ccccc3)sc2c1.Cl. The van der Waals surface area contributed by atoms with Gasteiger partial charge in [0.05, 0.1) is 36.5 Å². The van der Waals surface area contributed by atoms with Gasteiger partial charge in [-0.3, -0.25) is 14.6 Å². The molecule has 3 aromatic rings. The van der Waals surface area contributed by atoms with E-state index in [0.29, 0.717) is 19.6 Å². The second-order valence-corrected chi connectivity index (χ2v) is 8.23. The Balaban J connectivity index is 0.00000272. The highest BCUT2D eigenvalue weighted by atomic mass is 35.5. The summed E-state index contributed by atoms with van der Waals surface area (Å²) >= 11 is 1.54. The first kappa shape index (κ1) is 23.5. The minimum atomic E-state index is 0. The second-order valence-electron chi connectivity index (χ2n) is 7.22. The van der Waals surface area contributed by atoms with E-state index in [0.717, 1.165) is 59.5 Å². The number of carbonyl (C=O) groups excluding carboxylic acids is 1. The van der Waals surface area contributed by atoms with Gasteiger partial charge in [-0.1, -0.05) is 41.7 Å². The van der Waals surface area contributed by atoms with Gasteiger partial charge in [-0.05, 0) is 30.7 Å². The molecule has 1 fully saturated rings. The zero-order chi connectivity index (χ0) is 20.8. The van der Waals surface area contributed by atoms with Crippen LogP contribution in [0.1, 0.15) is 12.5 Å². The third kappa shape index (κ3) is 6.17. The number of rotatable bonds is 8. The second kappa shape index (κ2) is 11.4. The van der Waals surface area contributed by atoms with Crippen LogP contribution in [-0.2, 0) is 16.0 Å². The fraction of sp³-hybridized carbons (Fsp3) is 0.391. The van der Waals surface area contributed by atoms with Crippen LogP contribution in [0.5, 0.6) is 5.75 Å². The average Bonchev–Trinajstić information content (AvgIpc) is 3.18. The van der Waals surface area contributed by atoms with Gasteiger partial charge in [0.25, 0.3) is 0 Å². The van der Waals surface area contributed by atoms with Crippen molar-refractivity contribution >= 4 is 45.0 Å². The predicted octanol–water partition coefficient (Wildman–Crippen LogP) is 4.02. The van der Waals surface area contributed by atoms with Gasteiger partial charge in [-0.15, -0.1) is 12.4 Å². The number of hydrogen-bond acceptors (Lipinski definition) is 6. The van der Waals surface area contributed by atoms with Gasteiger partial charge in [-0.25, -0.2) is 4.98 Å². The Hall–Kier alpha value is -2.19. The molecule has 1 amide bonds. The zero-order valence-electron chi connectivity index (χ0n) is 17.7. The first-order valence-corrected chi connectivity index (χ1v) is 11.2. The lowest BCUT2D eigenvalue weighted by Crippen LogP contribution is -2.43. The smallest absolute Gasteiger partial charge is 0.233 e. The number of ether oxygens (including phenoxy) is 2. The van der Waals surface area contributed by atoms with E-state index in [2.05, 4.69) is 4.90 Å². The largest absolute Gasteiger partial charge is 0.494 e. The molecule has 2 heterocycles. The summed E-state index contributed by atoms with van der Waals surface area (Å²) < 4.78 is 12.1. The number of aromatic nitrogens is 1. The highest BCUT2D eigenvalue weighted by molar-refractivity contribution is 7.22. The zero-order valence-corrected chi connectivity index (χ0v) is 19.3. The Morgan fingerprint density at radius 3 is 2.71 bits per heavy atom. The maximum Gasteiger partial charge on any atom is 0.233 e. The van der Waals surface area contributed by atoms with Crippen molar-refractivity contribution in [3.8, 4) is 5.75 Å². The maximum atomic E-state index is 13.3. The number of hydrogen-bond donors (Lipinski definition) is 0. The van der Waals surface area contributed by atoms with E-state index in [-0.39, 0.29) is 18.3 Å². The summed E-state index contributed by atoms with van der Waals surface area (Å²) in [7, 11) is 0. The number of carbonyl (C=O) groups is 1. The summed E-state index contributed by atoms with van der Waals surface area (Å²) in [6.07, 6.45) is 0.365. The van der Waals surface area contributed by atoms with Crippen molar-refractivity contribution in [1.82, 2.24) is 9.88 Å². The topological polar surface area (TPSA) is 54.9 Å². The molecule has 0 spiro atoms. The lowest BCUT2D eigenvalue weighted by molar-refractivity contribution is -0.118. The van der Waals surface area contributed by atoms with Gasteiger partial charge in [0, 0.05) is 26.2 Å². The molecule has 1 aromatic heterocycles. The van der Waals surface area contributed by atoms with Crippen LogP contribution < -0.4 is 9.64 Å². The molecule has 6 nitrogen and oxygen atoms in total. The molecule has 0 radical (unpaired) electrons. The minimum Gasteiger partial charge on any atom is -0.494 e. The Kier molecular flexibility index (Phi) is 8.66. The molecule has 0 bridgehead atoms. The van der Waals surface area contributed by atoms with E-state index in [1.165, 1.54) is 0 Å². The van der Waals surface area contributed by atoms with Gasteiger partial charge in [0.2, 0.25) is 5.91 Å². The molecule has 1 saturated heterocycles. The van der Waals surface area contributed by atoms with Crippen LogP contribution in [0.3, 0.4) is 0 Å². The number of amides is 1. The molecule has 0 N–H and O–H groups in total. The number of fused-ring (bicyclic) bond motifs is 1. The number of nitrogens with zero attached hydrogens (tertiary/aromatic N) is 3. The van der Waals surface area contributed by atoms with Gasteiger partial charge < -0.3 is 9.47 Å². The molecule has 0 saturated carbocycles. The van der Waals surface area contributed by atoms with Gasteiger partial charge in [0.1, 0.15) is 5.75 Å². The maximum absolute atomic E-state index is 13.3. The van der Waals surface area contributed by atoms with Gasteiger partial charge >= 0.3 is 0 Å². The molecule has 31 heavy (non-hydrogen) atoms. The summed E-state index contributed by atoms with van der Waals surface area (Å²) in [6, 6.07) is 15.8. The summed E-state index contributed by atoms with van der Waals surface area (Å²) in [5.41, 5.74) is 1.90. The molecular weight excluding hydrogens is 434 g/mol. The third-order valence-corrected chi connectivity index (χ3v) is 6.17. The number of halogens is 1. The minimum absolute atomic E-state index is 0. The third-order valence-electron chi connectivity index (χ3n) is 5.13. The van der Waals surface area contributed by atoms with Crippen LogP contribution >= 0.6 is 23.7 Å². The first-order valence-electron chi connectivity index (χ1n) is 10.4. The Labute approximate surface area is 193 Å².